The van der Waals surface area contributed by atoms with Crippen LogP contribution in [-0.2, 0) is 6.42 Å². The molecule has 30 heavy (non-hydrogen) atoms. The summed E-state index contributed by atoms with van der Waals surface area (Å²) < 4.78 is 34.0. The molecule has 0 spiro atoms. The van der Waals surface area contributed by atoms with E-state index in [-0.39, 0.29) is 17.8 Å². The first kappa shape index (κ1) is 21.8. The second-order valence-electron chi connectivity index (χ2n) is 7.26. The van der Waals surface area contributed by atoms with Gasteiger partial charge in [0, 0.05) is 18.3 Å². The van der Waals surface area contributed by atoms with Crippen LogP contribution < -0.4 is 20.1 Å². The molecular formula is C22H27F2N3O3. The molecule has 2 amide bonds. The first-order valence-electron chi connectivity index (χ1n) is 9.99. The zero-order chi connectivity index (χ0) is 21.3. The van der Waals surface area contributed by atoms with Crippen LogP contribution in [0.2, 0.25) is 0 Å². The quantitative estimate of drug-likeness (QED) is 0.642. The Labute approximate surface area is 175 Å². The highest BCUT2D eigenvalue weighted by molar-refractivity contribution is 5.89. The van der Waals surface area contributed by atoms with Crippen molar-refractivity contribution >= 4 is 11.7 Å². The fourth-order valence-corrected chi connectivity index (χ4v) is 3.56. The number of urea groups is 1. The number of nitrogens with one attached hydrogen (secondary N) is 2. The largest absolute Gasteiger partial charge is 0.497 e. The van der Waals surface area contributed by atoms with Crippen LogP contribution in [0.1, 0.15) is 18.4 Å². The van der Waals surface area contributed by atoms with Crippen LogP contribution in [0.15, 0.2) is 48.5 Å². The number of methoxy groups -OCH3 is 1. The lowest BCUT2D eigenvalue weighted by molar-refractivity contribution is -0.0498. The number of carbonyl (C=O) groups excluding carboxylic acids is 1. The van der Waals surface area contributed by atoms with Gasteiger partial charge in [0.1, 0.15) is 11.5 Å². The van der Waals surface area contributed by atoms with Gasteiger partial charge in [0.2, 0.25) is 0 Å². The Balaban J connectivity index is 1.59. The van der Waals surface area contributed by atoms with Crippen LogP contribution in [0.4, 0.5) is 19.3 Å². The standard InChI is InChI=1S/C22H27F2N3O3/c1-29-19-8-4-16(5-9-19)14-18(15-27-12-2-3-13-27)26-22(28)25-17-6-10-20(11-7-17)30-21(23)24/h4-11,18,21H,2-3,12-15H2,1H3,(H2,25,26,28). The number of halogens is 2. The number of hydrogen-bond acceptors (Lipinski definition) is 4. The van der Waals surface area contributed by atoms with E-state index in [9.17, 15) is 13.6 Å². The summed E-state index contributed by atoms with van der Waals surface area (Å²) in [6.07, 6.45) is 3.04. The van der Waals surface area contributed by atoms with Crippen molar-refractivity contribution in [2.45, 2.75) is 31.9 Å². The molecule has 0 aliphatic carbocycles. The average Bonchev–Trinajstić information content (AvgIpc) is 3.22. The summed E-state index contributed by atoms with van der Waals surface area (Å²) in [6.45, 7) is -0.0424. The van der Waals surface area contributed by atoms with Gasteiger partial charge in [-0.2, -0.15) is 8.78 Å². The smallest absolute Gasteiger partial charge is 0.387 e. The number of likely N-dealkylation sites (tertiary alicyclic amines) is 1. The highest BCUT2D eigenvalue weighted by Gasteiger charge is 2.20. The van der Waals surface area contributed by atoms with E-state index in [0.717, 1.165) is 30.9 Å². The Morgan fingerprint density at radius 2 is 1.67 bits per heavy atom. The fraction of sp³-hybridized carbons (Fsp3) is 0.409. The highest BCUT2D eigenvalue weighted by Crippen LogP contribution is 2.18. The maximum absolute atomic E-state index is 12.5. The molecule has 3 rings (SSSR count). The minimum Gasteiger partial charge on any atom is -0.497 e. The van der Waals surface area contributed by atoms with Crippen molar-refractivity contribution in [2.75, 3.05) is 32.1 Å². The Bertz CT molecular complexity index is 794. The number of carbonyl (C=O) groups is 1. The molecule has 162 valence electrons. The van der Waals surface area contributed by atoms with Crippen molar-refractivity contribution in [2.24, 2.45) is 0 Å². The van der Waals surface area contributed by atoms with Crippen molar-refractivity contribution in [3.05, 3.63) is 54.1 Å². The van der Waals surface area contributed by atoms with Crippen LogP contribution >= 0.6 is 0 Å². The summed E-state index contributed by atoms with van der Waals surface area (Å²) in [4.78, 5) is 14.9. The maximum atomic E-state index is 12.5. The predicted octanol–water partition coefficient (Wildman–Crippen LogP) is 4.13. The zero-order valence-corrected chi connectivity index (χ0v) is 16.9. The van der Waals surface area contributed by atoms with E-state index >= 15 is 0 Å². The fourth-order valence-electron chi connectivity index (χ4n) is 3.56. The zero-order valence-electron chi connectivity index (χ0n) is 16.9. The van der Waals surface area contributed by atoms with Crippen molar-refractivity contribution in [3.63, 3.8) is 0 Å². The molecule has 0 bridgehead atoms. The molecular weight excluding hydrogens is 392 g/mol. The normalized spacial score (nSPS) is 15.1. The van der Waals surface area contributed by atoms with Crippen molar-refractivity contribution < 1.29 is 23.0 Å². The van der Waals surface area contributed by atoms with Gasteiger partial charge < -0.3 is 25.0 Å². The first-order chi connectivity index (χ1) is 14.5. The minimum atomic E-state index is -2.88. The van der Waals surface area contributed by atoms with E-state index in [1.54, 1.807) is 7.11 Å². The molecule has 1 aliphatic heterocycles. The third kappa shape index (κ3) is 6.88. The molecule has 0 aromatic heterocycles. The Morgan fingerprint density at radius 1 is 1.03 bits per heavy atom. The van der Waals surface area contributed by atoms with Crippen molar-refractivity contribution in [3.8, 4) is 11.5 Å². The molecule has 2 aromatic rings. The summed E-state index contributed by atoms with van der Waals surface area (Å²) in [5, 5.41) is 5.79. The Hall–Kier alpha value is -2.87. The molecule has 1 atom stereocenters. The van der Waals surface area contributed by atoms with Gasteiger partial charge in [0.25, 0.3) is 0 Å². The summed E-state index contributed by atoms with van der Waals surface area (Å²) in [5.74, 6) is 0.835. The number of hydrogen-bond donors (Lipinski definition) is 2. The van der Waals surface area contributed by atoms with Gasteiger partial charge in [-0.05, 0) is 74.3 Å². The number of ether oxygens (including phenoxy) is 2. The second-order valence-corrected chi connectivity index (χ2v) is 7.26. The number of rotatable bonds is 9. The van der Waals surface area contributed by atoms with Gasteiger partial charge in [-0.1, -0.05) is 12.1 Å². The first-order valence-corrected chi connectivity index (χ1v) is 9.99. The summed E-state index contributed by atoms with van der Waals surface area (Å²) >= 11 is 0. The molecule has 0 saturated carbocycles. The molecule has 8 heteroatoms. The van der Waals surface area contributed by atoms with Gasteiger partial charge in [-0.3, -0.25) is 0 Å². The van der Waals surface area contributed by atoms with Crippen LogP contribution in [0.5, 0.6) is 11.5 Å². The lowest BCUT2D eigenvalue weighted by Crippen LogP contribution is -2.46. The van der Waals surface area contributed by atoms with Gasteiger partial charge in [-0.25, -0.2) is 4.79 Å². The molecule has 1 heterocycles. The monoisotopic (exact) mass is 419 g/mol. The van der Waals surface area contributed by atoms with Gasteiger partial charge in [0.05, 0.1) is 7.11 Å². The van der Waals surface area contributed by atoms with E-state index in [4.69, 9.17) is 4.74 Å². The lowest BCUT2D eigenvalue weighted by Gasteiger charge is -2.25. The third-order valence-corrected chi connectivity index (χ3v) is 4.99. The van der Waals surface area contributed by atoms with Crippen LogP contribution in [-0.4, -0.2) is 50.3 Å². The van der Waals surface area contributed by atoms with E-state index in [1.807, 2.05) is 24.3 Å². The van der Waals surface area contributed by atoms with E-state index in [0.29, 0.717) is 12.1 Å². The van der Waals surface area contributed by atoms with Gasteiger partial charge in [-0.15, -0.1) is 0 Å². The summed E-state index contributed by atoms with van der Waals surface area (Å²) in [6, 6.07) is 13.2. The van der Waals surface area contributed by atoms with Crippen molar-refractivity contribution in [1.29, 1.82) is 0 Å². The maximum Gasteiger partial charge on any atom is 0.387 e. The summed E-state index contributed by atoms with van der Waals surface area (Å²) in [5.41, 5.74) is 1.60. The van der Waals surface area contributed by atoms with E-state index in [2.05, 4.69) is 20.3 Å². The number of nitrogens with zero attached hydrogens (tertiary/aromatic N) is 1. The predicted molar refractivity (Wildman–Crippen MR) is 111 cm³/mol. The van der Waals surface area contributed by atoms with E-state index < -0.39 is 6.61 Å². The molecule has 0 radical (unpaired) electrons. The molecule has 1 fully saturated rings. The van der Waals surface area contributed by atoms with Gasteiger partial charge in [0.15, 0.2) is 0 Å². The second kappa shape index (κ2) is 10.8. The van der Waals surface area contributed by atoms with Crippen LogP contribution in [0.25, 0.3) is 0 Å². The molecule has 2 N–H and O–H groups in total. The molecule has 2 aromatic carbocycles. The minimum absolute atomic E-state index is 0.0439. The van der Waals surface area contributed by atoms with Gasteiger partial charge >= 0.3 is 12.6 Å². The Morgan fingerprint density at radius 3 is 2.27 bits per heavy atom. The number of amides is 2. The number of alkyl halides is 2. The Kier molecular flexibility index (Phi) is 7.84. The lowest BCUT2D eigenvalue weighted by atomic mass is 10.1. The third-order valence-electron chi connectivity index (χ3n) is 4.99. The van der Waals surface area contributed by atoms with Crippen molar-refractivity contribution in [1.82, 2.24) is 10.2 Å². The molecule has 1 aliphatic rings. The number of anilines is 1. The average molecular weight is 419 g/mol. The topological polar surface area (TPSA) is 62.8 Å². The summed E-state index contributed by atoms with van der Waals surface area (Å²) in [7, 11) is 1.63. The van der Waals surface area contributed by atoms with Crippen LogP contribution in [0, 0.1) is 0 Å². The highest BCUT2D eigenvalue weighted by atomic mass is 19.3. The molecule has 1 saturated heterocycles. The number of benzene rings is 2. The van der Waals surface area contributed by atoms with Crippen LogP contribution in [0.3, 0.4) is 0 Å². The van der Waals surface area contributed by atoms with E-state index in [1.165, 1.54) is 37.1 Å². The molecule has 6 nitrogen and oxygen atoms in total. The SMILES string of the molecule is COc1ccc(CC(CN2CCCC2)NC(=O)Nc2ccc(OC(F)F)cc2)cc1. The molecule has 1 unspecified atom stereocenters.